The molecule has 0 radical (unpaired) electrons. The van der Waals surface area contributed by atoms with Crippen LogP contribution in [0.5, 0.6) is 0 Å². The number of benzene rings is 1. The fourth-order valence-electron chi connectivity index (χ4n) is 2.20. The fraction of sp³-hybridized carbons (Fsp3) is 0.500. The highest BCUT2D eigenvalue weighted by molar-refractivity contribution is 5.92. The Morgan fingerprint density at radius 1 is 1.37 bits per heavy atom. The molecule has 1 heterocycles. The standard InChI is InChI=1S/C14H20N2O2.ClH/c17-9-7-11-3-5-13(6-4-11)16-14(18)12-2-1-8-15-10-12;/h3-6,12,15,17H,1-2,7-10H2,(H,16,18);1H. The summed E-state index contributed by atoms with van der Waals surface area (Å²) in [6, 6.07) is 7.65. The molecular formula is C14H21ClN2O2. The lowest BCUT2D eigenvalue weighted by molar-refractivity contribution is -0.120. The SMILES string of the molecule is Cl.O=C(Nc1ccc(CCO)cc1)C1CCCNC1. The highest BCUT2D eigenvalue weighted by atomic mass is 35.5. The summed E-state index contributed by atoms with van der Waals surface area (Å²) in [6.07, 6.45) is 2.68. The van der Waals surface area contributed by atoms with Gasteiger partial charge < -0.3 is 15.7 Å². The van der Waals surface area contributed by atoms with Crippen LogP contribution in [0.4, 0.5) is 5.69 Å². The topological polar surface area (TPSA) is 61.4 Å². The lowest BCUT2D eigenvalue weighted by Crippen LogP contribution is -2.37. The Morgan fingerprint density at radius 3 is 2.68 bits per heavy atom. The minimum Gasteiger partial charge on any atom is -0.396 e. The molecule has 1 aliphatic rings. The van der Waals surface area contributed by atoms with E-state index in [0.29, 0.717) is 6.42 Å². The molecule has 106 valence electrons. The summed E-state index contributed by atoms with van der Waals surface area (Å²) >= 11 is 0. The molecule has 0 aliphatic carbocycles. The maximum Gasteiger partial charge on any atom is 0.228 e. The van der Waals surface area contributed by atoms with Crippen molar-refractivity contribution in [1.29, 1.82) is 0 Å². The molecule has 5 heteroatoms. The van der Waals surface area contributed by atoms with Crippen LogP contribution < -0.4 is 10.6 Å². The molecule has 1 unspecified atom stereocenters. The number of aliphatic hydroxyl groups excluding tert-OH is 1. The van der Waals surface area contributed by atoms with E-state index < -0.39 is 0 Å². The maximum absolute atomic E-state index is 12.0. The van der Waals surface area contributed by atoms with Crippen molar-refractivity contribution in [3.05, 3.63) is 29.8 Å². The van der Waals surface area contributed by atoms with E-state index in [1.165, 1.54) is 0 Å². The molecule has 4 nitrogen and oxygen atoms in total. The number of halogens is 1. The van der Waals surface area contributed by atoms with Gasteiger partial charge in [-0.25, -0.2) is 0 Å². The number of rotatable bonds is 4. The van der Waals surface area contributed by atoms with Gasteiger partial charge in [0, 0.05) is 18.8 Å². The first-order chi connectivity index (χ1) is 8.79. The number of hydrogen-bond donors (Lipinski definition) is 3. The number of aliphatic hydroxyl groups is 1. The Bertz CT molecular complexity index is 389. The van der Waals surface area contributed by atoms with Crippen LogP contribution in [0.2, 0.25) is 0 Å². The quantitative estimate of drug-likeness (QED) is 0.787. The molecule has 1 fully saturated rings. The van der Waals surface area contributed by atoms with Gasteiger partial charge in [-0.2, -0.15) is 0 Å². The van der Waals surface area contributed by atoms with Gasteiger partial charge in [-0.05, 0) is 43.5 Å². The molecule has 1 aliphatic heterocycles. The molecule has 1 aromatic rings. The first-order valence-corrected chi connectivity index (χ1v) is 6.51. The molecule has 19 heavy (non-hydrogen) atoms. The number of hydrogen-bond acceptors (Lipinski definition) is 3. The van der Waals surface area contributed by atoms with Gasteiger partial charge in [0.15, 0.2) is 0 Å². The van der Waals surface area contributed by atoms with Crippen molar-refractivity contribution in [2.24, 2.45) is 5.92 Å². The summed E-state index contributed by atoms with van der Waals surface area (Å²) in [4.78, 5) is 12.0. The molecule has 1 aromatic carbocycles. The molecule has 0 saturated carbocycles. The van der Waals surface area contributed by atoms with Crippen molar-refractivity contribution in [1.82, 2.24) is 5.32 Å². The van der Waals surface area contributed by atoms with Gasteiger partial charge in [0.1, 0.15) is 0 Å². The first-order valence-electron chi connectivity index (χ1n) is 6.51. The van der Waals surface area contributed by atoms with Crippen LogP contribution in [-0.4, -0.2) is 30.7 Å². The van der Waals surface area contributed by atoms with Crippen LogP contribution in [0.3, 0.4) is 0 Å². The van der Waals surface area contributed by atoms with Gasteiger partial charge >= 0.3 is 0 Å². The van der Waals surface area contributed by atoms with Crippen LogP contribution in [-0.2, 0) is 11.2 Å². The zero-order valence-electron chi connectivity index (χ0n) is 10.9. The maximum atomic E-state index is 12.0. The van der Waals surface area contributed by atoms with Crippen LogP contribution in [0, 0.1) is 5.92 Å². The van der Waals surface area contributed by atoms with Crippen molar-refractivity contribution < 1.29 is 9.90 Å². The van der Waals surface area contributed by atoms with Gasteiger partial charge in [-0.15, -0.1) is 12.4 Å². The van der Waals surface area contributed by atoms with Crippen LogP contribution in [0.15, 0.2) is 24.3 Å². The molecule has 0 spiro atoms. The summed E-state index contributed by atoms with van der Waals surface area (Å²) in [5, 5.41) is 15.0. The van der Waals surface area contributed by atoms with Crippen molar-refractivity contribution in [2.75, 3.05) is 25.0 Å². The largest absolute Gasteiger partial charge is 0.396 e. The van der Waals surface area contributed by atoms with E-state index in [1.807, 2.05) is 24.3 Å². The Hall–Kier alpha value is -1.10. The fourth-order valence-corrected chi connectivity index (χ4v) is 2.20. The first kappa shape index (κ1) is 16.0. The number of carbonyl (C=O) groups is 1. The lowest BCUT2D eigenvalue weighted by Gasteiger charge is -2.21. The van der Waals surface area contributed by atoms with E-state index in [0.717, 1.165) is 37.2 Å². The highest BCUT2D eigenvalue weighted by Gasteiger charge is 2.20. The van der Waals surface area contributed by atoms with E-state index in [4.69, 9.17) is 5.11 Å². The molecule has 3 N–H and O–H groups in total. The zero-order valence-corrected chi connectivity index (χ0v) is 11.7. The third-order valence-electron chi connectivity index (χ3n) is 3.29. The Balaban J connectivity index is 0.00000180. The average Bonchev–Trinajstić information content (AvgIpc) is 2.42. The second-order valence-electron chi connectivity index (χ2n) is 4.70. The number of anilines is 1. The number of amides is 1. The predicted octanol–water partition coefficient (Wildman–Crippen LogP) is 1.58. The third-order valence-corrected chi connectivity index (χ3v) is 3.29. The van der Waals surface area contributed by atoms with Gasteiger partial charge in [-0.3, -0.25) is 4.79 Å². The third kappa shape index (κ3) is 4.82. The van der Waals surface area contributed by atoms with Crippen molar-refractivity contribution in [3.63, 3.8) is 0 Å². The van der Waals surface area contributed by atoms with Crippen LogP contribution in [0.1, 0.15) is 18.4 Å². The molecule has 2 rings (SSSR count). The normalized spacial score (nSPS) is 18.5. The van der Waals surface area contributed by atoms with E-state index in [9.17, 15) is 4.79 Å². The van der Waals surface area contributed by atoms with E-state index in [2.05, 4.69) is 10.6 Å². The van der Waals surface area contributed by atoms with Crippen LogP contribution in [0.25, 0.3) is 0 Å². The molecule has 0 bridgehead atoms. The highest BCUT2D eigenvalue weighted by Crippen LogP contribution is 2.15. The molecule has 1 saturated heterocycles. The smallest absolute Gasteiger partial charge is 0.228 e. The molecule has 0 aromatic heterocycles. The molecular weight excluding hydrogens is 264 g/mol. The summed E-state index contributed by atoms with van der Waals surface area (Å²) < 4.78 is 0. The second kappa shape index (κ2) is 8.15. The van der Waals surface area contributed by atoms with E-state index in [1.54, 1.807) is 0 Å². The number of nitrogens with one attached hydrogen (secondary N) is 2. The summed E-state index contributed by atoms with van der Waals surface area (Å²) in [5.74, 6) is 0.174. The number of carbonyl (C=O) groups excluding carboxylic acids is 1. The minimum absolute atomic E-state index is 0. The Labute approximate surface area is 120 Å². The lowest BCUT2D eigenvalue weighted by atomic mass is 9.99. The molecule has 1 atom stereocenters. The molecule has 1 amide bonds. The summed E-state index contributed by atoms with van der Waals surface area (Å²) in [6.45, 7) is 1.94. The average molecular weight is 285 g/mol. The minimum atomic E-state index is 0. The van der Waals surface area contributed by atoms with Crippen LogP contribution >= 0.6 is 12.4 Å². The monoisotopic (exact) mass is 284 g/mol. The Kier molecular flexibility index (Phi) is 6.84. The summed E-state index contributed by atoms with van der Waals surface area (Å²) in [5.41, 5.74) is 1.90. The van der Waals surface area contributed by atoms with Gasteiger partial charge in [0.25, 0.3) is 0 Å². The van der Waals surface area contributed by atoms with Gasteiger partial charge in [0.2, 0.25) is 5.91 Å². The van der Waals surface area contributed by atoms with E-state index >= 15 is 0 Å². The van der Waals surface area contributed by atoms with Gasteiger partial charge in [0.05, 0.1) is 5.92 Å². The zero-order chi connectivity index (χ0) is 12.8. The predicted molar refractivity (Wildman–Crippen MR) is 78.7 cm³/mol. The Morgan fingerprint density at radius 2 is 2.11 bits per heavy atom. The van der Waals surface area contributed by atoms with Gasteiger partial charge in [-0.1, -0.05) is 12.1 Å². The van der Waals surface area contributed by atoms with Crippen molar-refractivity contribution >= 4 is 24.0 Å². The van der Waals surface area contributed by atoms with E-state index in [-0.39, 0.29) is 30.8 Å². The summed E-state index contributed by atoms with van der Waals surface area (Å²) in [7, 11) is 0. The number of piperidine rings is 1. The van der Waals surface area contributed by atoms with Crippen molar-refractivity contribution in [2.45, 2.75) is 19.3 Å². The second-order valence-corrected chi connectivity index (χ2v) is 4.70. The van der Waals surface area contributed by atoms with Crippen molar-refractivity contribution in [3.8, 4) is 0 Å².